The molecule has 0 aromatic heterocycles. The zero-order valence-corrected chi connectivity index (χ0v) is 10.8. The Morgan fingerprint density at radius 2 is 1.86 bits per heavy atom. The van der Waals surface area contributed by atoms with Crippen LogP contribution < -0.4 is 5.32 Å². The smallest absolute Gasteiger partial charge is 0.103 e. The van der Waals surface area contributed by atoms with E-state index in [-0.39, 0.29) is 5.54 Å². The predicted octanol–water partition coefficient (Wildman–Crippen LogP) is 2.80. The molecule has 0 bridgehead atoms. The molecule has 0 aliphatic rings. The fraction of sp³-hybridized carbons (Fsp3) is 0.909. The van der Waals surface area contributed by atoms with Gasteiger partial charge in [-0.1, -0.05) is 20.8 Å². The summed E-state index contributed by atoms with van der Waals surface area (Å²) in [7, 11) is 1.85. The highest BCUT2D eigenvalue weighted by Crippen LogP contribution is 2.25. The number of thioether (sulfide) groups is 1. The van der Waals surface area contributed by atoms with Gasteiger partial charge in [-0.15, -0.1) is 0 Å². The quantitative estimate of drug-likeness (QED) is 0.715. The van der Waals surface area contributed by atoms with Crippen LogP contribution in [-0.4, -0.2) is 23.1 Å². The first-order valence-electron chi connectivity index (χ1n) is 5.07. The second-order valence-electron chi connectivity index (χ2n) is 4.76. The summed E-state index contributed by atoms with van der Waals surface area (Å²) >= 11 is 1.96. The minimum Gasteiger partial charge on any atom is -0.303 e. The second kappa shape index (κ2) is 5.63. The third kappa shape index (κ3) is 6.28. The fourth-order valence-electron chi connectivity index (χ4n) is 1.04. The number of nitrogens with zero attached hydrogens (tertiary/aromatic N) is 1. The molecular weight excluding hydrogens is 192 g/mol. The topological polar surface area (TPSA) is 35.8 Å². The molecule has 2 nitrogen and oxygen atoms in total. The maximum Gasteiger partial charge on any atom is 0.103 e. The van der Waals surface area contributed by atoms with Gasteiger partial charge < -0.3 is 5.32 Å². The molecule has 0 aromatic carbocycles. The van der Waals surface area contributed by atoms with Crippen LogP contribution in [0.3, 0.4) is 0 Å². The molecule has 0 aliphatic heterocycles. The van der Waals surface area contributed by atoms with E-state index in [1.807, 2.05) is 25.7 Å². The number of nitriles is 1. The van der Waals surface area contributed by atoms with Gasteiger partial charge in [0, 0.05) is 4.75 Å². The van der Waals surface area contributed by atoms with E-state index in [1.165, 1.54) is 0 Å². The number of hydrogen-bond acceptors (Lipinski definition) is 3. The van der Waals surface area contributed by atoms with E-state index in [2.05, 4.69) is 32.2 Å². The maximum absolute atomic E-state index is 8.93. The molecule has 0 saturated carbocycles. The van der Waals surface area contributed by atoms with Crippen molar-refractivity contribution in [2.45, 2.75) is 50.8 Å². The zero-order chi connectivity index (χ0) is 11.2. The molecule has 1 unspecified atom stereocenters. The average molecular weight is 214 g/mol. The van der Waals surface area contributed by atoms with Crippen molar-refractivity contribution in [1.82, 2.24) is 5.32 Å². The summed E-state index contributed by atoms with van der Waals surface area (Å²) in [5.74, 6) is 1.13. The lowest BCUT2D eigenvalue weighted by molar-refractivity contribution is 0.451. The normalized spacial score (nSPS) is 16.0. The minimum atomic E-state index is -0.349. The molecule has 0 heterocycles. The first-order chi connectivity index (χ1) is 6.33. The van der Waals surface area contributed by atoms with Gasteiger partial charge in [0.05, 0.1) is 6.07 Å². The fourth-order valence-corrected chi connectivity index (χ4v) is 1.94. The summed E-state index contributed by atoms with van der Waals surface area (Å²) in [5.41, 5.74) is -0.349. The molecule has 0 radical (unpaired) electrons. The molecule has 0 fully saturated rings. The molecule has 1 N–H and O–H groups in total. The highest BCUT2D eigenvalue weighted by Gasteiger charge is 2.20. The van der Waals surface area contributed by atoms with Gasteiger partial charge in [0.25, 0.3) is 0 Å². The first-order valence-corrected chi connectivity index (χ1v) is 6.06. The van der Waals surface area contributed by atoms with E-state index in [9.17, 15) is 0 Å². The van der Waals surface area contributed by atoms with Crippen molar-refractivity contribution in [3.05, 3.63) is 0 Å². The van der Waals surface area contributed by atoms with Gasteiger partial charge in [-0.3, -0.25) is 0 Å². The van der Waals surface area contributed by atoms with Crippen molar-refractivity contribution in [3.8, 4) is 6.07 Å². The van der Waals surface area contributed by atoms with Crippen LogP contribution in [0.1, 0.15) is 40.5 Å². The molecule has 0 saturated heterocycles. The molecule has 3 heteroatoms. The lowest BCUT2D eigenvalue weighted by Crippen LogP contribution is -2.38. The van der Waals surface area contributed by atoms with Gasteiger partial charge in [0.2, 0.25) is 0 Å². The highest BCUT2D eigenvalue weighted by molar-refractivity contribution is 8.00. The summed E-state index contributed by atoms with van der Waals surface area (Å²) in [5, 5.41) is 12.0. The van der Waals surface area contributed by atoms with Crippen LogP contribution >= 0.6 is 11.8 Å². The van der Waals surface area contributed by atoms with Crippen molar-refractivity contribution in [2.75, 3.05) is 12.8 Å². The molecule has 82 valence electrons. The third-order valence-electron chi connectivity index (χ3n) is 2.15. The number of hydrogen-bond donors (Lipinski definition) is 1. The van der Waals surface area contributed by atoms with E-state index in [1.54, 1.807) is 0 Å². The Balaban J connectivity index is 3.70. The predicted molar refractivity (Wildman–Crippen MR) is 64.5 cm³/mol. The van der Waals surface area contributed by atoms with Gasteiger partial charge in [0.15, 0.2) is 0 Å². The lowest BCUT2D eigenvalue weighted by Gasteiger charge is -2.22. The summed E-state index contributed by atoms with van der Waals surface area (Å²) in [4.78, 5) is 0. The van der Waals surface area contributed by atoms with Crippen LogP contribution in [0.2, 0.25) is 0 Å². The maximum atomic E-state index is 8.93. The van der Waals surface area contributed by atoms with E-state index in [0.29, 0.717) is 4.75 Å². The van der Waals surface area contributed by atoms with Crippen LogP contribution in [0.25, 0.3) is 0 Å². The van der Waals surface area contributed by atoms with Crippen LogP contribution in [0.15, 0.2) is 0 Å². The van der Waals surface area contributed by atoms with Gasteiger partial charge in [-0.05, 0) is 32.6 Å². The summed E-state index contributed by atoms with van der Waals surface area (Å²) in [6, 6.07) is 2.31. The third-order valence-corrected chi connectivity index (χ3v) is 3.51. The SMILES string of the molecule is CNC(C)(C#N)CCCSC(C)(C)C. The lowest BCUT2D eigenvalue weighted by atomic mass is 9.99. The van der Waals surface area contributed by atoms with E-state index in [0.717, 1.165) is 18.6 Å². The molecule has 14 heavy (non-hydrogen) atoms. The van der Waals surface area contributed by atoms with Gasteiger partial charge in [-0.2, -0.15) is 17.0 Å². The van der Waals surface area contributed by atoms with E-state index in [4.69, 9.17) is 5.26 Å². The summed E-state index contributed by atoms with van der Waals surface area (Å²) < 4.78 is 0.336. The molecule has 0 aliphatic carbocycles. The second-order valence-corrected chi connectivity index (χ2v) is 6.68. The highest BCUT2D eigenvalue weighted by atomic mass is 32.2. The van der Waals surface area contributed by atoms with E-state index < -0.39 is 0 Å². The number of rotatable bonds is 5. The Morgan fingerprint density at radius 1 is 1.29 bits per heavy atom. The molecule has 0 spiro atoms. The van der Waals surface area contributed by atoms with Crippen molar-refractivity contribution >= 4 is 11.8 Å². The Morgan fingerprint density at radius 3 is 2.21 bits per heavy atom. The number of nitrogens with one attached hydrogen (secondary N) is 1. The Labute approximate surface area is 92.5 Å². The molecule has 1 atom stereocenters. The van der Waals surface area contributed by atoms with Crippen molar-refractivity contribution in [2.24, 2.45) is 0 Å². The summed E-state index contributed by atoms with van der Waals surface area (Å²) in [6.45, 7) is 8.62. The van der Waals surface area contributed by atoms with Crippen molar-refractivity contribution < 1.29 is 0 Å². The van der Waals surface area contributed by atoms with Crippen molar-refractivity contribution in [3.63, 3.8) is 0 Å². The Kier molecular flexibility index (Phi) is 5.54. The zero-order valence-electron chi connectivity index (χ0n) is 9.98. The van der Waals surface area contributed by atoms with Crippen molar-refractivity contribution in [1.29, 1.82) is 5.26 Å². The van der Waals surface area contributed by atoms with Gasteiger partial charge >= 0.3 is 0 Å². The molecular formula is C11H22N2S. The van der Waals surface area contributed by atoms with Crippen LogP contribution in [-0.2, 0) is 0 Å². The molecule has 0 rings (SSSR count). The molecule has 0 amide bonds. The van der Waals surface area contributed by atoms with Crippen LogP contribution in [0.5, 0.6) is 0 Å². The van der Waals surface area contributed by atoms with Crippen LogP contribution in [0, 0.1) is 11.3 Å². The van der Waals surface area contributed by atoms with Crippen LogP contribution in [0.4, 0.5) is 0 Å². The largest absolute Gasteiger partial charge is 0.303 e. The van der Waals surface area contributed by atoms with E-state index >= 15 is 0 Å². The summed E-state index contributed by atoms with van der Waals surface area (Å²) in [6.07, 6.45) is 2.01. The van der Waals surface area contributed by atoms with Gasteiger partial charge in [-0.25, -0.2) is 0 Å². The standard InChI is InChI=1S/C11H22N2S/c1-10(2,3)14-8-6-7-11(4,9-12)13-5/h13H,6-8H2,1-5H3. The monoisotopic (exact) mass is 214 g/mol. The average Bonchev–Trinajstić information content (AvgIpc) is 2.11. The Hall–Kier alpha value is -0.200. The molecule has 0 aromatic rings. The first kappa shape index (κ1) is 13.8. The minimum absolute atomic E-state index is 0.336. The Bertz CT molecular complexity index is 202. The van der Waals surface area contributed by atoms with Gasteiger partial charge in [0.1, 0.15) is 5.54 Å².